The van der Waals surface area contributed by atoms with E-state index in [1.807, 2.05) is 31.2 Å². The summed E-state index contributed by atoms with van der Waals surface area (Å²) in [6, 6.07) is 13.7. The summed E-state index contributed by atoms with van der Waals surface area (Å²) in [6.07, 6.45) is 3.02. The van der Waals surface area contributed by atoms with Gasteiger partial charge in [-0.15, -0.1) is 0 Å². The number of aryl methyl sites for hydroxylation is 1. The minimum Gasteiger partial charge on any atom is -0.399 e. The number of hydrogen-bond acceptors (Lipinski definition) is 6. The molecule has 2 aromatic carbocycles. The number of primary sulfonamides is 1. The minimum absolute atomic E-state index is 0.0237. The SMILES string of the molecule is CO/N=C\C(N)=CC(=Nc1ccc(S(N)(=O)=O)cc1)c1ccc(C)cc1. The number of oxime groups is 1. The Morgan fingerprint density at radius 1 is 1.08 bits per heavy atom. The summed E-state index contributed by atoms with van der Waals surface area (Å²) in [4.78, 5) is 9.19. The molecule has 0 aromatic heterocycles. The Hall–Kier alpha value is -2.97. The summed E-state index contributed by atoms with van der Waals surface area (Å²) >= 11 is 0. The Morgan fingerprint density at radius 2 is 1.69 bits per heavy atom. The first kappa shape index (κ1) is 19.4. The van der Waals surface area contributed by atoms with Crippen molar-refractivity contribution in [2.75, 3.05) is 7.11 Å². The Labute approximate surface area is 152 Å². The number of benzene rings is 2. The molecule has 2 rings (SSSR count). The highest BCUT2D eigenvalue weighted by Gasteiger charge is 2.07. The van der Waals surface area contributed by atoms with E-state index in [0.29, 0.717) is 17.1 Å². The summed E-state index contributed by atoms with van der Waals surface area (Å²) in [5.74, 6) is 0. The topological polar surface area (TPSA) is 120 Å². The predicted molar refractivity (Wildman–Crippen MR) is 103 cm³/mol. The Balaban J connectivity index is 2.47. The third-order valence-electron chi connectivity index (χ3n) is 3.37. The zero-order valence-corrected chi connectivity index (χ0v) is 15.3. The molecule has 0 saturated carbocycles. The van der Waals surface area contributed by atoms with E-state index in [1.165, 1.54) is 25.5 Å². The van der Waals surface area contributed by atoms with Crippen LogP contribution in [0, 0.1) is 6.92 Å². The molecule has 0 heterocycles. The first-order chi connectivity index (χ1) is 12.3. The van der Waals surface area contributed by atoms with Gasteiger partial charge < -0.3 is 10.6 Å². The molecule has 0 bridgehead atoms. The van der Waals surface area contributed by atoms with Crippen molar-refractivity contribution in [3.63, 3.8) is 0 Å². The van der Waals surface area contributed by atoms with Crippen LogP contribution in [0.25, 0.3) is 0 Å². The van der Waals surface area contributed by atoms with Crippen LogP contribution in [0.2, 0.25) is 0 Å². The second-order valence-corrected chi connectivity index (χ2v) is 7.02. The van der Waals surface area contributed by atoms with Gasteiger partial charge in [0.2, 0.25) is 10.0 Å². The molecule has 7 nitrogen and oxygen atoms in total. The van der Waals surface area contributed by atoms with Crippen molar-refractivity contribution in [2.45, 2.75) is 11.8 Å². The second kappa shape index (κ2) is 8.41. The van der Waals surface area contributed by atoms with E-state index in [4.69, 9.17) is 10.9 Å². The van der Waals surface area contributed by atoms with Gasteiger partial charge in [0.15, 0.2) is 0 Å². The fourth-order valence-electron chi connectivity index (χ4n) is 2.06. The third kappa shape index (κ3) is 5.54. The molecule has 0 aliphatic heterocycles. The first-order valence-electron chi connectivity index (χ1n) is 7.62. The lowest BCUT2D eigenvalue weighted by atomic mass is 10.1. The summed E-state index contributed by atoms with van der Waals surface area (Å²) < 4.78 is 22.7. The molecule has 136 valence electrons. The number of aliphatic imine (C=N–C) groups is 1. The highest BCUT2D eigenvalue weighted by atomic mass is 32.2. The van der Waals surface area contributed by atoms with Gasteiger partial charge in [0.25, 0.3) is 0 Å². The molecule has 0 atom stereocenters. The quantitative estimate of drug-likeness (QED) is 0.596. The Morgan fingerprint density at radius 3 is 2.23 bits per heavy atom. The smallest absolute Gasteiger partial charge is 0.238 e. The molecule has 0 amide bonds. The minimum atomic E-state index is -3.75. The van der Waals surface area contributed by atoms with E-state index in [9.17, 15) is 8.42 Å². The fourth-order valence-corrected chi connectivity index (χ4v) is 2.58. The molecule has 26 heavy (non-hydrogen) atoms. The third-order valence-corrected chi connectivity index (χ3v) is 4.30. The summed E-state index contributed by atoms with van der Waals surface area (Å²) in [6.45, 7) is 1.99. The summed E-state index contributed by atoms with van der Waals surface area (Å²) in [5.41, 5.74) is 9.38. The number of rotatable bonds is 6. The predicted octanol–water partition coefficient (Wildman–Crippen LogP) is 2.24. The van der Waals surface area contributed by atoms with Crippen molar-refractivity contribution >= 4 is 27.6 Å². The number of allylic oxidation sites excluding steroid dienone is 2. The maximum absolute atomic E-state index is 11.4. The van der Waals surface area contributed by atoms with Crippen molar-refractivity contribution < 1.29 is 13.3 Å². The van der Waals surface area contributed by atoms with Crippen LogP contribution in [0.5, 0.6) is 0 Å². The van der Waals surface area contributed by atoms with Crippen molar-refractivity contribution in [1.29, 1.82) is 0 Å². The average Bonchev–Trinajstić information content (AvgIpc) is 2.60. The fraction of sp³-hybridized carbons (Fsp3) is 0.111. The molecule has 0 fully saturated rings. The number of sulfonamides is 1. The maximum Gasteiger partial charge on any atom is 0.238 e. The average molecular weight is 372 g/mol. The highest BCUT2D eigenvalue weighted by Crippen LogP contribution is 2.18. The van der Waals surface area contributed by atoms with Gasteiger partial charge in [-0.05, 0) is 37.3 Å². The maximum atomic E-state index is 11.4. The van der Waals surface area contributed by atoms with Crippen molar-refractivity contribution in [3.05, 3.63) is 71.4 Å². The molecule has 0 saturated heterocycles. The molecule has 0 radical (unpaired) electrons. The first-order valence-corrected chi connectivity index (χ1v) is 9.16. The van der Waals surface area contributed by atoms with E-state index in [0.717, 1.165) is 11.1 Å². The van der Waals surface area contributed by atoms with Gasteiger partial charge in [-0.2, -0.15) is 0 Å². The van der Waals surface area contributed by atoms with E-state index < -0.39 is 10.0 Å². The van der Waals surface area contributed by atoms with Crippen LogP contribution in [0.4, 0.5) is 5.69 Å². The largest absolute Gasteiger partial charge is 0.399 e. The van der Waals surface area contributed by atoms with Gasteiger partial charge in [-0.25, -0.2) is 18.5 Å². The zero-order chi connectivity index (χ0) is 19.2. The Kier molecular flexibility index (Phi) is 6.26. The van der Waals surface area contributed by atoms with Crippen molar-refractivity contribution in [3.8, 4) is 0 Å². The standard InChI is InChI=1S/C18H20N4O3S/c1-13-3-5-14(6-4-13)18(11-15(19)12-21-25-2)22-16-7-9-17(10-8-16)26(20,23)24/h3-12H,19H2,1-2H3,(H2,20,23,24)/b15-11?,21-12-,22-18?. The lowest BCUT2D eigenvalue weighted by Crippen LogP contribution is -2.11. The van der Waals surface area contributed by atoms with E-state index >= 15 is 0 Å². The van der Waals surface area contributed by atoms with Gasteiger partial charge >= 0.3 is 0 Å². The molecule has 0 aliphatic rings. The molecule has 4 N–H and O–H groups in total. The lowest BCUT2D eigenvalue weighted by molar-refractivity contribution is 0.215. The molecule has 8 heteroatoms. The monoisotopic (exact) mass is 372 g/mol. The van der Waals surface area contributed by atoms with Gasteiger partial charge in [0.1, 0.15) is 7.11 Å². The number of nitrogens with zero attached hydrogens (tertiary/aromatic N) is 2. The van der Waals surface area contributed by atoms with Crippen LogP contribution in [-0.2, 0) is 14.9 Å². The van der Waals surface area contributed by atoms with Crippen LogP contribution < -0.4 is 10.9 Å². The van der Waals surface area contributed by atoms with Crippen LogP contribution in [0.1, 0.15) is 11.1 Å². The molecule has 0 unspecified atom stereocenters. The molecule has 0 spiro atoms. The van der Waals surface area contributed by atoms with Gasteiger partial charge in [0, 0.05) is 5.56 Å². The molecule has 0 aliphatic carbocycles. The normalized spacial score (nSPS) is 13.2. The van der Waals surface area contributed by atoms with Crippen molar-refractivity contribution in [2.24, 2.45) is 21.0 Å². The van der Waals surface area contributed by atoms with Crippen LogP contribution >= 0.6 is 0 Å². The molecule has 2 aromatic rings. The van der Waals surface area contributed by atoms with Gasteiger partial charge in [-0.3, -0.25) is 0 Å². The van der Waals surface area contributed by atoms with Crippen LogP contribution in [-0.4, -0.2) is 27.5 Å². The number of nitrogens with two attached hydrogens (primary N) is 2. The lowest BCUT2D eigenvalue weighted by Gasteiger charge is -2.05. The summed E-state index contributed by atoms with van der Waals surface area (Å²) in [5, 5.41) is 8.73. The van der Waals surface area contributed by atoms with Gasteiger partial charge in [0.05, 0.1) is 28.2 Å². The highest BCUT2D eigenvalue weighted by molar-refractivity contribution is 7.89. The Bertz CT molecular complexity index is 945. The summed E-state index contributed by atoms with van der Waals surface area (Å²) in [7, 11) is -2.32. The van der Waals surface area contributed by atoms with E-state index in [2.05, 4.69) is 15.0 Å². The van der Waals surface area contributed by atoms with Gasteiger partial charge in [-0.1, -0.05) is 35.0 Å². The van der Waals surface area contributed by atoms with Crippen molar-refractivity contribution in [1.82, 2.24) is 0 Å². The number of hydrogen-bond donors (Lipinski definition) is 2. The molecular formula is C18H20N4O3S. The zero-order valence-electron chi connectivity index (χ0n) is 14.5. The van der Waals surface area contributed by atoms with E-state index in [1.54, 1.807) is 18.2 Å². The second-order valence-electron chi connectivity index (χ2n) is 5.46. The van der Waals surface area contributed by atoms with Crippen LogP contribution in [0.15, 0.2) is 75.3 Å². The molecular weight excluding hydrogens is 352 g/mol. The van der Waals surface area contributed by atoms with Crippen LogP contribution in [0.3, 0.4) is 0 Å². The van der Waals surface area contributed by atoms with E-state index in [-0.39, 0.29) is 4.90 Å².